The average Bonchev–Trinajstić information content (AvgIpc) is 3.02. The number of piperidine rings is 1. The Labute approximate surface area is 160 Å². The molecule has 1 aromatic rings. The molecule has 6 heteroatoms. The third-order valence-corrected chi connectivity index (χ3v) is 5.18. The number of carbonyl (C=O) groups is 3. The SMILES string of the molecule is CC(C)CC(NC(=O)Cc1ccccc1)C(=O)N1CCCC2OCC(=O)C21. The van der Waals surface area contributed by atoms with Crippen molar-refractivity contribution in [1.29, 1.82) is 0 Å². The second-order valence-electron chi connectivity index (χ2n) is 7.85. The first-order chi connectivity index (χ1) is 13.0. The van der Waals surface area contributed by atoms with Crippen LogP contribution in [0.1, 0.15) is 38.7 Å². The Morgan fingerprint density at radius 1 is 1.26 bits per heavy atom. The first-order valence-electron chi connectivity index (χ1n) is 9.73. The molecular weight excluding hydrogens is 344 g/mol. The molecule has 2 amide bonds. The van der Waals surface area contributed by atoms with Crippen LogP contribution in [0.25, 0.3) is 0 Å². The minimum atomic E-state index is -0.617. The number of nitrogens with one attached hydrogen (secondary N) is 1. The minimum absolute atomic E-state index is 0.0352. The van der Waals surface area contributed by atoms with Crippen molar-refractivity contribution >= 4 is 17.6 Å². The number of ketones is 1. The van der Waals surface area contributed by atoms with E-state index in [0.29, 0.717) is 13.0 Å². The summed E-state index contributed by atoms with van der Waals surface area (Å²) in [5.74, 6) is -0.138. The largest absolute Gasteiger partial charge is 0.368 e. The van der Waals surface area contributed by atoms with Gasteiger partial charge in [0.2, 0.25) is 11.8 Å². The summed E-state index contributed by atoms with van der Waals surface area (Å²) in [4.78, 5) is 39.6. The van der Waals surface area contributed by atoms with Gasteiger partial charge in [0.15, 0.2) is 5.78 Å². The van der Waals surface area contributed by atoms with Crippen molar-refractivity contribution in [3.8, 4) is 0 Å². The van der Waals surface area contributed by atoms with Gasteiger partial charge in [-0.05, 0) is 30.7 Å². The van der Waals surface area contributed by atoms with E-state index in [1.165, 1.54) is 0 Å². The highest BCUT2D eigenvalue weighted by atomic mass is 16.5. The van der Waals surface area contributed by atoms with Crippen LogP contribution in [0.15, 0.2) is 30.3 Å². The molecule has 1 aromatic carbocycles. The number of rotatable bonds is 6. The molecule has 0 bridgehead atoms. The third kappa shape index (κ3) is 4.75. The van der Waals surface area contributed by atoms with Crippen LogP contribution in [0.3, 0.4) is 0 Å². The summed E-state index contributed by atoms with van der Waals surface area (Å²) in [6.45, 7) is 4.66. The van der Waals surface area contributed by atoms with Crippen LogP contribution >= 0.6 is 0 Å². The maximum Gasteiger partial charge on any atom is 0.245 e. The van der Waals surface area contributed by atoms with Crippen molar-refractivity contribution in [3.63, 3.8) is 0 Å². The smallest absolute Gasteiger partial charge is 0.245 e. The molecule has 2 aliphatic heterocycles. The van der Waals surface area contributed by atoms with Gasteiger partial charge in [-0.25, -0.2) is 0 Å². The number of likely N-dealkylation sites (tertiary alicyclic amines) is 1. The van der Waals surface area contributed by atoms with Gasteiger partial charge in [0.25, 0.3) is 0 Å². The summed E-state index contributed by atoms with van der Waals surface area (Å²) in [5.41, 5.74) is 0.906. The summed E-state index contributed by atoms with van der Waals surface area (Å²) < 4.78 is 5.54. The molecule has 27 heavy (non-hydrogen) atoms. The zero-order chi connectivity index (χ0) is 19.4. The average molecular weight is 372 g/mol. The molecule has 0 aromatic heterocycles. The van der Waals surface area contributed by atoms with E-state index >= 15 is 0 Å². The Morgan fingerprint density at radius 3 is 2.70 bits per heavy atom. The third-order valence-electron chi connectivity index (χ3n) is 5.18. The quantitative estimate of drug-likeness (QED) is 0.825. The van der Waals surface area contributed by atoms with Crippen molar-refractivity contribution < 1.29 is 19.1 Å². The first-order valence-corrected chi connectivity index (χ1v) is 9.73. The van der Waals surface area contributed by atoms with Crippen molar-refractivity contribution in [1.82, 2.24) is 10.2 Å². The van der Waals surface area contributed by atoms with E-state index in [1.54, 1.807) is 4.90 Å². The lowest BCUT2D eigenvalue weighted by Crippen LogP contribution is -2.58. The van der Waals surface area contributed by atoms with E-state index in [9.17, 15) is 14.4 Å². The molecule has 0 radical (unpaired) electrons. The van der Waals surface area contributed by atoms with E-state index in [2.05, 4.69) is 5.32 Å². The maximum absolute atomic E-state index is 13.2. The molecule has 3 rings (SSSR count). The number of amides is 2. The molecular formula is C21H28N2O4. The van der Waals surface area contributed by atoms with Crippen LogP contribution in [0, 0.1) is 5.92 Å². The van der Waals surface area contributed by atoms with Gasteiger partial charge in [-0.2, -0.15) is 0 Å². The molecule has 2 fully saturated rings. The van der Waals surface area contributed by atoms with Crippen molar-refractivity contribution in [3.05, 3.63) is 35.9 Å². The summed E-state index contributed by atoms with van der Waals surface area (Å²) in [7, 11) is 0. The molecule has 2 saturated heterocycles. The zero-order valence-corrected chi connectivity index (χ0v) is 16.0. The molecule has 0 aliphatic carbocycles. The Bertz CT molecular complexity index is 689. The molecule has 146 valence electrons. The van der Waals surface area contributed by atoms with E-state index in [1.807, 2.05) is 44.2 Å². The summed E-state index contributed by atoms with van der Waals surface area (Å²) in [6.07, 6.45) is 2.19. The number of Topliss-reactive ketones (excluding diaryl/α,β-unsaturated/α-hetero) is 1. The van der Waals surface area contributed by atoms with Crippen LogP contribution in [-0.2, 0) is 25.5 Å². The molecule has 2 aliphatic rings. The van der Waals surface area contributed by atoms with Crippen molar-refractivity contribution in [2.45, 2.75) is 57.7 Å². The predicted octanol–water partition coefficient (Wildman–Crippen LogP) is 1.72. The Balaban J connectivity index is 1.70. The lowest BCUT2D eigenvalue weighted by molar-refractivity contribution is -0.144. The van der Waals surface area contributed by atoms with Crippen molar-refractivity contribution in [2.24, 2.45) is 5.92 Å². The predicted molar refractivity (Wildman–Crippen MR) is 101 cm³/mol. The Kier molecular flexibility index (Phi) is 6.26. The van der Waals surface area contributed by atoms with Gasteiger partial charge < -0.3 is 15.0 Å². The lowest BCUT2D eigenvalue weighted by Gasteiger charge is -2.37. The fraction of sp³-hybridized carbons (Fsp3) is 0.571. The fourth-order valence-electron chi connectivity index (χ4n) is 3.96. The second-order valence-corrected chi connectivity index (χ2v) is 7.85. The minimum Gasteiger partial charge on any atom is -0.368 e. The number of hydrogen-bond acceptors (Lipinski definition) is 4. The number of benzene rings is 1. The van der Waals surface area contributed by atoms with Gasteiger partial charge in [-0.15, -0.1) is 0 Å². The van der Waals surface area contributed by atoms with E-state index in [0.717, 1.165) is 18.4 Å². The maximum atomic E-state index is 13.2. The molecule has 6 nitrogen and oxygen atoms in total. The van der Waals surface area contributed by atoms with E-state index in [4.69, 9.17) is 4.74 Å². The monoisotopic (exact) mass is 372 g/mol. The standard InChI is InChI=1S/C21H28N2O4/c1-14(2)11-16(22-19(25)12-15-7-4-3-5-8-15)21(26)23-10-6-9-18-20(23)17(24)13-27-18/h3-5,7-8,14,16,18,20H,6,9-13H2,1-2H3,(H,22,25). The van der Waals surface area contributed by atoms with Crippen LogP contribution in [0.5, 0.6) is 0 Å². The molecule has 3 atom stereocenters. The van der Waals surface area contributed by atoms with Crippen LogP contribution in [0.4, 0.5) is 0 Å². The zero-order valence-electron chi connectivity index (χ0n) is 16.0. The van der Waals surface area contributed by atoms with Gasteiger partial charge in [0.05, 0.1) is 12.5 Å². The summed E-state index contributed by atoms with van der Waals surface area (Å²) in [5, 5.41) is 2.91. The number of fused-ring (bicyclic) bond motifs is 1. The van der Waals surface area contributed by atoms with Gasteiger partial charge in [0, 0.05) is 6.54 Å². The highest BCUT2D eigenvalue weighted by Crippen LogP contribution is 2.27. The second kappa shape index (κ2) is 8.65. The molecule has 1 N–H and O–H groups in total. The van der Waals surface area contributed by atoms with Gasteiger partial charge in [0.1, 0.15) is 18.7 Å². The number of hydrogen-bond donors (Lipinski definition) is 1. The van der Waals surface area contributed by atoms with Crippen molar-refractivity contribution in [2.75, 3.05) is 13.2 Å². The summed E-state index contributed by atoms with van der Waals surface area (Å²) >= 11 is 0. The summed E-state index contributed by atoms with van der Waals surface area (Å²) in [6, 6.07) is 8.35. The topological polar surface area (TPSA) is 75.7 Å². The van der Waals surface area contributed by atoms with Crippen LogP contribution < -0.4 is 5.32 Å². The van der Waals surface area contributed by atoms with Gasteiger partial charge in [-0.1, -0.05) is 44.2 Å². The van der Waals surface area contributed by atoms with E-state index in [-0.39, 0.29) is 42.6 Å². The van der Waals surface area contributed by atoms with E-state index < -0.39 is 12.1 Å². The first kappa shape index (κ1) is 19.5. The highest BCUT2D eigenvalue weighted by Gasteiger charge is 2.45. The highest BCUT2D eigenvalue weighted by molar-refractivity contribution is 5.95. The molecule has 0 saturated carbocycles. The number of carbonyl (C=O) groups excluding carboxylic acids is 3. The molecule has 3 unspecified atom stereocenters. The Morgan fingerprint density at radius 2 is 2.00 bits per heavy atom. The van der Waals surface area contributed by atoms with Gasteiger partial charge in [-0.3, -0.25) is 14.4 Å². The number of nitrogens with zero attached hydrogens (tertiary/aromatic N) is 1. The fourth-order valence-corrected chi connectivity index (χ4v) is 3.96. The Hall–Kier alpha value is -2.21. The van der Waals surface area contributed by atoms with Gasteiger partial charge >= 0.3 is 0 Å². The lowest BCUT2D eigenvalue weighted by atomic mass is 9.95. The molecule has 0 spiro atoms. The molecule has 2 heterocycles. The number of ether oxygens (including phenoxy) is 1. The normalized spacial score (nSPS) is 23.2. The van der Waals surface area contributed by atoms with Crippen LogP contribution in [-0.4, -0.2) is 53.8 Å². The van der Waals surface area contributed by atoms with Crippen LogP contribution in [0.2, 0.25) is 0 Å².